The van der Waals surface area contributed by atoms with Crippen molar-refractivity contribution in [1.82, 2.24) is 4.98 Å². The Morgan fingerprint density at radius 1 is 1.35 bits per heavy atom. The molecule has 0 unspecified atom stereocenters. The molecule has 0 radical (unpaired) electrons. The van der Waals surface area contributed by atoms with Crippen molar-refractivity contribution in [3.63, 3.8) is 0 Å². The van der Waals surface area contributed by atoms with Gasteiger partial charge in [0.25, 0.3) is 11.6 Å². The lowest BCUT2D eigenvalue weighted by Gasteiger charge is -2.06. The molecule has 1 amide bonds. The molecule has 1 aromatic heterocycles. The van der Waals surface area contributed by atoms with E-state index < -0.39 is 10.8 Å². The first kappa shape index (κ1) is 13.8. The van der Waals surface area contributed by atoms with Gasteiger partial charge in [0, 0.05) is 23.4 Å². The normalized spacial score (nSPS) is 10.1. The summed E-state index contributed by atoms with van der Waals surface area (Å²) in [6.45, 7) is 0. The zero-order chi connectivity index (χ0) is 14.7. The predicted molar refractivity (Wildman–Crippen MR) is 74.7 cm³/mol. The lowest BCUT2D eigenvalue weighted by molar-refractivity contribution is -0.384. The number of non-ortho nitro benzene ring substituents is 1. The number of rotatable bonds is 3. The molecule has 0 atom stereocenters. The number of aromatic nitrogens is 1. The largest absolute Gasteiger partial charge is 0.384 e. The molecule has 102 valence electrons. The number of carbonyl (C=O) groups is 1. The van der Waals surface area contributed by atoms with Crippen LogP contribution in [-0.2, 0) is 0 Å². The van der Waals surface area contributed by atoms with Gasteiger partial charge in [-0.25, -0.2) is 4.98 Å². The van der Waals surface area contributed by atoms with E-state index in [4.69, 9.17) is 17.3 Å². The van der Waals surface area contributed by atoms with E-state index in [9.17, 15) is 14.9 Å². The van der Waals surface area contributed by atoms with E-state index in [0.29, 0.717) is 5.69 Å². The standard InChI is InChI=1S/C12H9ClN4O3/c13-10-4-7(5-11(14)16-10)12(18)15-8-2-1-3-9(6-8)17(19)20/h1-6H,(H2,14,16)(H,15,18). The van der Waals surface area contributed by atoms with Crippen molar-refractivity contribution in [3.8, 4) is 0 Å². The fourth-order valence-corrected chi connectivity index (χ4v) is 1.76. The monoisotopic (exact) mass is 292 g/mol. The molecule has 0 spiro atoms. The molecular formula is C12H9ClN4O3. The average molecular weight is 293 g/mol. The van der Waals surface area contributed by atoms with Crippen LogP contribution in [0.4, 0.5) is 17.2 Å². The molecule has 0 bridgehead atoms. The van der Waals surface area contributed by atoms with Gasteiger partial charge in [-0.1, -0.05) is 17.7 Å². The number of pyridine rings is 1. The third-order valence-corrected chi connectivity index (χ3v) is 2.58. The Hall–Kier alpha value is -2.67. The number of hydrogen-bond donors (Lipinski definition) is 2. The van der Waals surface area contributed by atoms with E-state index in [-0.39, 0.29) is 22.2 Å². The second-order valence-electron chi connectivity index (χ2n) is 3.86. The zero-order valence-corrected chi connectivity index (χ0v) is 10.8. The lowest BCUT2D eigenvalue weighted by Crippen LogP contribution is -2.12. The SMILES string of the molecule is Nc1cc(C(=O)Nc2cccc([N+](=O)[O-])c2)cc(Cl)n1. The predicted octanol–water partition coefficient (Wildman–Crippen LogP) is 2.48. The van der Waals surface area contributed by atoms with Gasteiger partial charge in [-0.3, -0.25) is 14.9 Å². The van der Waals surface area contributed by atoms with Crippen LogP contribution in [0.2, 0.25) is 5.15 Å². The number of carbonyl (C=O) groups excluding carboxylic acids is 1. The number of nitrogens with two attached hydrogens (primary N) is 1. The van der Waals surface area contributed by atoms with E-state index in [1.165, 1.54) is 36.4 Å². The Labute approximate surface area is 118 Å². The molecule has 1 heterocycles. The second kappa shape index (κ2) is 5.54. The summed E-state index contributed by atoms with van der Waals surface area (Å²) in [5.74, 6) is -0.372. The Balaban J connectivity index is 2.23. The van der Waals surface area contributed by atoms with Crippen molar-refractivity contribution in [2.75, 3.05) is 11.1 Å². The summed E-state index contributed by atoms with van der Waals surface area (Å²) in [6.07, 6.45) is 0. The first-order valence-corrected chi connectivity index (χ1v) is 5.82. The number of nitrogens with one attached hydrogen (secondary N) is 1. The summed E-state index contributed by atoms with van der Waals surface area (Å²) in [5.41, 5.74) is 5.89. The van der Waals surface area contributed by atoms with Gasteiger partial charge in [0.1, 0.15) is 11.0 Å². The molecule has 0 saturated carbocycles. The van der Waals surface area contributed by atoms with Crippen LogP contribution in [0.3, 0.4) is 0 Å². The third kappa shape index (κ3) is 3.21. The summed E-state index contributed by atoms with van der Waals surface area (Å²) in [4.78, 5) is 25.8. The van der Waals surface area contributed by atoms with Crippen LogP contribution in [0.5, 0.6) is 0 Å². The van der Waals surface area contributed by atoms with Crippen LogP contribution in [0.1, 0.15) is 10.4 Å². The van der Waals surface area contributed by atoms with Crippen molar-refractivity contribution in [2.45, 2.75) is 0 Å². The summed E-state index contributed by atoms with van der Waals surface area (Å²) in [7, 11) is 0. The fourth-order valence-electron chi connectivity index (χ4n) is 1.55. The van der Waals surface area contributed by atoms with Gasteiger partial charge in [-0.15, -0.1) is 0 Å². The first-order chi connectivity index (χ1) is 9.45. The van der Waals surface area contributed by atoms with Crippen LogP contribution in [0.25, 0.3) is 0 Å². The highest BCUT2D eigenvalue weighted by Crippen LogP contribution is 2.19. The molecule has 0 aliphatic rings. The molecule has 0 saturated heterocycles. The minimum atomic E-state index is -0.545. The Morgan fingerprint density at radius 3 is 2.75 bits per heavy atom. The number of halogens is 1. The van der Waals surface area contributed by atoms with Crippen LogP contribution in [0.15, 0.2) is 36.4 Å². The summed E-state index contributed by atoms with van der Waals surface area (Å²) in [5, 5.41) is 13.3. The van der Waals surface area contributed by atoms with E-state index in [2.05, 4.69) is 10.3 Å². The Bertz CT molecular complexity index is 670. The van der Waals surface area contributed by atoms with Gasteiger partial charge in [0.2, 0.25) is 0 Å². The van der Waals surface area contributed by atoms with Crippen molar-refractivity contribution >= 4 is 34.7 Å². The van der Waals surface area contributed by atoms with Gasteiger partial charge in [-0.2, -0.15) is 0 Å². The van der Waals surface area contributed by atoms with Crippen molar-refractivity contribution in [3.05, 3.63) is 57.2 Å². The van der Waals surface area contributed by atoms with Crippen molar-refractivity contribution in [2.24, 2.45) is 0 Å². The second-order valence-corrected chi connectivity index (χ2v) is 4.25. The minimum Gasteiger partial charge on any atom is -0.384 e. The maximum Gasteiger partial charge on any atom is 0.271 e. The number of nitro groups is 1. The molecule has 0 aliphatic carbocycles. The first-order valence-electron chi connectivity index (χ1n) is 5.44. The summed E-state index contributed by atoms with van der Waals surface area (Å²) < 4.78 is 0. The topological polar surface area (TPSA) is 111 Å². The van der Waals surface area contributed by atoms with Gasteiger partial charge in [0.15, 0.2) is 0 Å². The number of nitrogens with zero attached hydrogens (tertiary/aromatic N) is 2. The van der Waals surface area contributed by atoms with Gasteiger partial charge in [-0.05, 0) is 18.2 Å². The average Bonchev–Trinajstić information content (AvgIpc) is 2.37. The Kier molecular flexibility index (Phi) is 3.81. The molecule has 8 heteroatoms. The summed E-state index contributed by atoms with van der Waals surface area (Å²) in [6, 6.07) is 8.31. The van der Waals surface area contributed by atoms with Crippen molar-refractivity contribution in [1.29, 1.82) is 0 Å². The van der Waals surface area contributed by atoms with Crippen LogP contribution < -0.4 is 11.1 Å². The number of nitrogen functional groups attached to an aromatic ring is 1. The highest BCUT2D eigenvalue weighted by atomic mass is 35.5. The van der Waals surface area contributed by atoms with Gasteiger partial charge in [0.05, 0.1) is 4.92 Å². The summed E-state index contributed by atoms with van der Waals surface area (Å²) >= 11 is 5.70. The molecule has 2 rings (SSSR count). The minimum absolute atomic E-state index is 0.0918. The molecule has 3 N–H and O–H groups in total. The zero-order valence-electron chi connectivity index (χ0n) is 10.0. The molecule has 20 heavy (non-hydrogen) atoms. The van der Waals surface area contributed by atoms with E-state index in [1.807, 2.05) is 0 Å². The molecular weight excluding hydrogens is 284 g/mol. The molecule has 1 aromatic carbocycles. The number of nitro benzene ring substituents is 1. The van der Waals surface area contributed by atoms with Crippen LogP contribution >= 0.6 is 11.6 Å². The van der Waals surface area contributed by atoms with Crippen LogP contribution in [-0.4, -0.2) is 15.8 Å². The smallest absolute Gasteiger partial charge is 0.271 e. The van der Waals surface area contributed by atoms with E-state index >= 15 is 0 Å². The maximum atomic E-state index is 12.0. The maximum absolute atomic E-state index is 12.0. The fraction of sp³-hybridized carbons (Fsp3) is 0. The highest BCUT2D eigenvalue weighted by Gasteiger charge is 2.11. The van der Waals surface area contributed by atoms with Crippen molar-refractivity contribution < 1.29 is 9.72 Å². The number of amides is 1. The van der Waals surface area contributed by atoms with E-state index in [1.54, 1.807) is 0 Å². The lowest BCUT2D eigenvalue weighted by atomic mass is 10.2. The molecule has 7 nitrogen and oxygen atoms in total. The number of anilines is 2. The highest BCUT2D eigenvalue weighted by molar-refractivity contribution is 6.30. The quantitative estimate of drug-likeness (QED) is 0.513. The number of hydrogen-bond acceptors (Lipinski definition) is 5. The van der Waals surface area contributed by atoms with Crippen LogP contribution in [0, 0.1) is 10.1 Å². The van der Waals surface area contributed by atoms with E-state index in [0.717, 1.165) is 0 Å². The Morgan fingerprint density at radius 2 is 2.10 bits per heavy atom. The molecule has 0 aliphatic heterocycles. The molecule has 2 aromatic rings. The van der Waals surface area contributed by atoms with Gasteiger partial charge < -0.3 is 11.1 Å². The third-order valence-electron chi connectivity index (χ3n) is 2.39. The number of benzene rings is 1. The van der Waals surface area contributed by atoms with Gasteiger partial charge >= 0.3 is 0 Å². The molecule has 0 fully saturated rings.